The number of carbonyl (C=O) groups is 3. The molecule has 4 amide bonds. The van der Waals surface area contributed by atoms with Gasteiger partial charge in [-0.1, -0.05) is 38.1 Å². The second-order valence-corrected chi connectivity index (χ2v) is 11.0. The standard InChI is InChI=1S/C27H34FN3O3/c1-17(2)16-31-25(33)27(29-26(31)34,15-19-4-3-5-22(28)13-19)21-8-10-30(11-9-21)24(32)23-14-18-6-7-20(23)12-18/h3-7,13,17-18,20-21,23H,8-12,14-16H2,1-2H3,(H,29,34)/t18-,20+,23-,27?/m1/s1. The van der Waals surface area contributed by atoms with Crippen molar-refractivity contribution in [2.45, 2.75) is 51.5 Å². The zero-order valence-corrected chi connectivity index (χ0v) is 20.0. The highest BCUT2D eigenvalue weighted by Crippen LogP contribution is 2.45. The van der Waals surface area contributed by atoms with Crippen LogP contribution in [0.4, 0.5) is 9.18 Å². The van der Waals surface area contributed by atoms with Gasteiger partial charge in [0.05, 0.1) is 0 Å². The number of rotatable bonds is 6. The van der Waals surface area contributed by atoms with Crippen LogP contribution in [0.15, 0.2) is 36.4 Å². The molecule has 2 aliphatic heterocycles. The third-order valence-electron chi connectivity index (χ3n) is 8.22. The van der Waals surface area contributed by atoms with E-state index in [0.29, 0.717) is 49.9 Å². The highest BCUT2D eigenvalue weighted by molar-refractivity contribution is 6.07. The molecule has 1 saturated carbocycles. The molecule has 2 bridgehead atoms. The van der Waals surface area contributed by atoms with Crippen LogP contribution < -0.4 is 5.32 Å². The van der Waals surface area contributed by atoms with E-state index >= 15 is 0 Å². The number of amides is 4. The molecule has 182 valence electrons. The number of allylic oxidation sites excluding steroid dienone is 2. The highest BCUT2D eigenvalue weighted by atomic mass is 19.1. The smallest absolute Gasteiger partial charge is 0.325 e. The minimum Gasteiger partial charge on any atom is -0.342 e. The maximum absolute atomic E-state index is 14.0. The van der Waals surface area contributed by atoms with Crippen molar-refractivity contribution in [1.82, 2.24) is 15.1 Å². The first-order chi connectivity index (χ1) is 16.3. The van der Waals surface area contributed by atoms with Crippen molar-refractivity contribution in [2.75, 3.05) is 19.6 Å². The number of halogens is 1. The molecule has 34 heavy (non-hydrogen) atoms. The predicted molar refractivity (Wildman–Crippen MR) is 126 cm³/mol. The van der Waals surface area contributed by atoms with Crippen molar-refractivity contribution >= 4 is 17.8 Å². The van der Waals surface area contributed by atoms with Gasteiger partial charge in [-0.2, -0.15) is 0 Å². The van der Waals surface area contributed by atoms with Gasteiger partial charge in [-0.05, 0) is 67.1 Å². The van der Waals surface area contributed by atoms with Gasteiger partial charge in [0.25, 0.3) is 5.91 Å². The summed E-state index contributed by atoms with van der Waals surface area (Å²) < 4.78 is 14.0. The Balaban J connectivity index is 1.35. The van der Waals surface area contributed by atoms with E-state index in [4.69, 9.17) is 0 Å². The third kappa shape index (κ3) is 4.03. The van der Waals surface area contributed by atoms with E-state index in [2.05, 4.69) is 17.5 Å². The molecular weight excluding hydrogens is 433 g/mol. The van der Waals surface area contributed by atoms with Gasteiger partial charge < -0.3 is 10.2 Å². The van der Waals surface area contributed by atoms with Crippen LogP contribution in [0.25, 0.3) is 0 Å². The molecule has 2 saturated heterocycles. The van der Waals surface area contributed by atoms with Crippen molar-refractivity contribution < 1.29 is 18.8 Å². The Morgan fingerprint density at radius 2 is 1.94 bits per heavy atom. The van der Waals surface area contributed by atoms with Crippen LogP contribution in [-0.4, -0.2) is 52.8 Å². The van der Waals surface area contributed by atoms with Crippen LogP contribution in [0.5, 0.6) is 0 Å². The molecule has 4 atom stereocenters. The second-order valence-electron chi connectivity index (χ2n) is 11.0. The Hall–Kier alpha value is -2.70. The lowest BCUT2D eigenvalue weighted by molar-refractivity contribution is -0.139. The van der Waals surface area contributed by atoms with Crippen molar-refractivity contribution in [1.29, 1.82) is 0 Å². The van der Waals surface area contributed by atoms with Crippen LogP contribution in [-0.2, 0) is 16.0 Å². The zero-order chi connectivity index (χ0) is 24.0. The molecule has 1 aromatic rings. The quantitative estimate of drug-likeness (QED) is 0.512. The maximum atomic E-state index is 14.0. The second kappa shape index (κ2) is 8.82. The first-order valence-corrected chi connectivity index (χ1v) is 12.6. The first kappa shape index (κ1) is 23.1. The monoisotopic (exact) mass is 467 g/mol. The maximum Gasteiger partial charge on any atom is 0.325 e. The van der Waals surface area contributed by atoms with Crippen LogP contribution in [0.3, 0.4) is 0 Å². The summed E-state index contributed by atoms with van der Waals surface area (Å²) in [6.45, 7) is 5.47. The summed E-state index contributed by atoms with van der Waals surface area (Å²) in [5.41, 5.74) is -0.420. The number of hydrogen-bond donors (Lipinski definition) is 1. The van der Waals surface area contributed by atoms with E-state index in [1.54, 1.807) is 12.1 Å². The average Bonchev–Trinajstić information content (AvgIpc) is 3.50. The molecule has 0 radical (unpaired) electrons. The molecule has 2 aliphatic carbocycles. The van der Waals surface area contributed by atoms with Gasteiger partial charge in [-0.3, -0.25) is 14.5 Å². The summed E-state index contributed by atoms with van der Waals surface area (Å²) in [6.07, 6.45) is 8.01. The normalized spacial score (nSPS) is 31.1. The van der Waals surface area contributed by atoms with Gasteiger partial charge in [-0.15, -0.1) is 0 Å². The fourth-order valence-electron chi connectivity index (χ4n) is 6.58. The van der Waals surface area contributed by atoms with E-state index < -0.39 is 5.54 Å². The number of carbonyl (C=O) groups excluding carboxylic acids is 3. The minimum absolute atomic E-state index is 0.0853. The lowest BCUT2D eigenvalue weighted by Crippen LogP contribution is -2.58. The summed E-state index contributed by atoms with van der Waals surface area (Å²) in [6, 6.07) is 5.88. The fourth-order valence-corrected chi connectivity index (χ4v) is 6.58. The van der Waals surface area contributed by atoms with Gasteiger partial charge in [0.1, 0.15) is 11.4 Å². The predicted octanol–water partition coefficient (Wildman–Crippen LogP) is 3.77. The van der Waals surface area contributed by atoms with E-state index in [9.17, 15) is 18.8 Å². The molecule has 6 nitrogen and oxygen atoms in total. The Labute approximate surface area is 200 Å². The molecular formula is C27H34FN3O3. The number of nitrogens with zero attached hydrogens (tertiary/aromatic N) is 2. The topological polar surface area (TPSA) is 69.7 Å². The van der Waals surface area contributed by atoms with Crippen LogP contribution in [0.1, 0.15) is 45.1 Å². The molecule has 0 aromatic heterocycles. The Bertz CT molecular complexity index is 1020. The van der Waals surface area contributed by atoms with Gasteiger partial charge in [0.15, 0.2) is 0 Å². The van der Waals surface area contributed by atoms with Crippen LogP contribution in [0, 0.1) is 35.4 Å². The number of imide groups is 1. The van der Waals surface area contributed by atoms with E-state index in [0.717, 1.165) is 12.8 Å². The number of hydrogen-bond acceptors (Lipinski definition) is 3. The van der Waals surface area contributed by atoms with Crippen molar-refractivity contribution in [2.24, 2.45) is 29.6 Å². The minimum atomic E-state index is -1.11. The van der Waals surface area contributed by atoms with Crippen molar-refractivity contribution in [3.8, 4) is 0 Å². The van der Waals surface area contributed by atoms with Gasteiger partial charge >= 0.3 is 6.03 Å². The number of fused-ring (bicyclic) bond motifs is 2. The van der Waals surface area contributed by atoms with E-state index in [1.165, 1.54) is 17.0 Å². The summed E-state index contributed by atoms with van der Waals surface area (Å²) in [5.74, 6) is 0.685. The molecule has 3 fully saturated rings. The number of piperidine rings is 1. The highest BCUT2D eigenvalue weighted by Gasteiger charge is 2.56. The Morgan fingerprint density at radius 1 is 1.18 bits per heavy atom. The van der Waals surface area contributed by atoms with Crippen molar-refractivity contribution in [3.63, 3.8) is 0 Å². The van der Waals surface area contributed by atoms with Gasteiger partial charge in [-0.25, -0.2) is 9.18 Å². The van der Waals surface area contributed by atoms with Crippen LogP contribution in [0.2, 0.25) is 0 Å². The number of benzene rings is 1. The molecule has 1 unspecified atom stereocenters. The summed E-state index contributed by atoms with van der Waals surface area (Å²) in [4.78, 5) is 43.1. The fraction of sp³-hybridized carbons (Fsp3) is 0.593. The van der Waals surface area contributed by atoms with Crippen molar-refractivity contribution in [3.05, 3.63) is 47.8 Å². The number of nitrogens with one attached hydrogen (secondary N) is 1. The summed E-state index contributed by atoms with van der Waals surface area (Å²) in [5, 5.41) is 3.03. The number of urea groups is 1. The zero-order valence-electron chi connectivity index (χ0n) is 20.0. The lowest BCUT2D eigenvalue weighted by atomic mass is 9.73. The molecule has 1 N–H and O–H groups in total. The van der Waals surface area contributed by atoms with E-state index in [-0.39, 0.29) is 47.8 Å². The van der Waals surface area contributed by atoms with Gasteiger partial charge in [0.2, 0.25) is 5.91 Å². The lowest BCUT2D eigenvalue weighted by Gasteiger charge is -2.42. The molecule has 7 heteroatoms. The van der Waals surface area contributed by atoms with E-state index in [1.807, 2.05) is 18.7 Å². The molecule has 4 aliphatic rings. The number of likely N-dealkylation sites (tertiary alicyclic amines) is 1. The third-order valence-corrected chi connectivity index (χ3v) is 8.22. The molecule has 5 rings (SSSR count). The average molecular weight is 468 g/mol. The first-order valence-electron chi connectivity index (χ1n) is 12.6. The molecule has 2 heterocycles. The largest absolute Gasteiger partial charge is 0.342 e. The molecule has 1 aromatic carbocycles. The summed E-state index contributed by atoms with van der Waals surface area (Å²) >= 11 is 0. The summed E-state index contributed by atoms with van der Waals surface area (Å²) in [7, 11) is 0. The van der Waals surface area contributed by atoms with Gasteiger partial charge in [0, 0.05) is 32.0 Å². The van der Waals surface area contributed by atoms with Crippen LogP contribution >= 0.6 is 0 Å². The Kier molecular flexibility index (Phi) is 5.98. The Morgan fingerprint density at radius 3 is 2.56 bits per heavy atom. The SMILES string of the molecule is CC(C)CN1C(=O)NC(Cc2cccc(F)c2)(C2CCN(C(=O)[C@@H]3C[C@@H]4C=C[C@H]3C4)CC2)C1=O. The molecule has 0 spiro atoms.